The number of carbonyl (C=O) groups excluding carboxylic acids is 1. The minimum absolute atomic E-state index is 0.124. The summed E-state index contributed by atoms with van der Waals surface area (Å²) in [6.45, 7) is 0. The largest absolute Gasteiger partial charge is 0.493 e. The Kier molecular flexibility index (Phi) is 6.95. The second kappa shape index (κ2) is 9.82. The first-order valence-corrected chi connectivity index (χ1v) is 10.3. The first-order chi connectivity index (χ1) is 15.0. The lowest BCUT2D eigenvalue weighted by Crippen LogP contribution is -2.20. The summed E-state index contributed by atoms with van der Waals surface area (Å²) in [5.74, 6) is 0.00766. The molecule has 0 saturated carbocycles. The summed E-state index contributed by atoms with van der Waals surface area (Å²) >= 11 is 1.24. The van der Waals surface area contributed by atoms with E-state index in [-0.39, 0.29) is 17.0 Å². The standard InChI is InChI=1S/C22H19N3O5S/c1-28-16-10-9-14(18-15(12-23)20(26)25-22(24-18)31-3)11-17(16)30-19(21(27)29-2)13-7-5-4-6-8-13/h4-11,19H,1-3H3,(H,24,25,26). The van der Waals surface area contributed by atoms with Crippen molar-refractivity contribution < 1.29 is 19.0 Å². The highest BCUT2D eigenvalue weighted by Crippen LogP contribution is 2.36. The molecule has 1 N–H and O–H groups in total. The highest BCUT2D eigenvalue weighted by molar-refractivity contribution is 7.98. The second-order valence-electron chi connectivity index (χ2n) is 6.21. The number of benzene rings is 2. The fourth-order valence-electron chi connectivity index (χ4n) is 2.89. The molecule has 1 unspecified atom stereocenters. The van der Waals surface area contributed by atoms with Crippen LogP contribution in [0.4, 0.5) is 0 Å². The van der Waals surface area contributed by atoms with E-state index in [9.17, 15) is 14.9 Å². The minimum Gasteiger partial charge on any atom is -0.493 e. The van der Waals surface area contributed by atoms with E-state index in [1.165, 1.54) is 26.0 Å². The summed E-state index contributed by atoms with van der Waals surface area (Å²) in [6.07, 6.45) is 0.719. The highest BCUT2D eigenvalue weighted by atomic mass is 32.2. The summed E-state index contributed by atoms with van der Waals surface area (Å²) < 4.78 is 16.3. The molecule has 0 fully saturated rings. The van der Waals surface area contributed by atoms with E-state index in [1.807, 2.05) is 12.1 Å². The van der Waals surface area contributed by atoms with E-state index in [4.69, 9.17) is 14.2 Å². The van der Waals surface area contributed by atoms with E-state index in [2.05, 4.69) is 9.97 Å². The van der Waals surface area contributed by atoms with Gasteiger partial charge in [-0.1, -0.05) is 42.1 Å². The van der Waals surface area contributed by atoms with Crippen molar-refractivity contribution in [2.24, 2.45) is 0 Å². The maximum atomic E-state index is 12.4. The van der Waals surface area contributed by atoms with Gasteiger partial charge in [-0.2, -0.15) is 5.26 Å². The third-order valence-electron chi connectivity index (χ3n) is 4.40. The Morgan fingerprint density at radius 3 is 2.52 bits per heavy atom. The zero-order chi connectivity index (χ0) is 22.4. The van der Waals surface area contributed by atoms with Gasteiger partial charge >= 0.3 is 5.97 Å². The zero-order valence-corrected chi connectivity index (χ0v) is 17.9. The third kappa shape index (κ3) is 4.70. The summed E-state index contributed by atoms with van der Waals surface area (Å²) in [4.78, 5) is 31.6. The number of aromatic amines is 1. The van der Waals surface area contributed by atoms with Crippen molar-refractivity contribution in [2.45, 2.75) is 11.3 Å². The van der Waals surface area contributed by atoms with Crippen LogP contribution in [-0.4, -0.2) is 36.4 Å². The van der Waals surface area contributed by atoms with Gasteiger partial charge in [-0.25, -0.2) is 9.78 Å². The second-order valence-corrected chi connectivity index (χ2v) is 7.00. The van der Waals surface area contributed by atoms with Crippen LogP contribution in [0, 0.1) is 11.3 Å². The number of nitriles is 1. The topological polar surface area (TPSA) is 114 Å². The molecule has 0 aliphatic rings. The number of nitrogens with one attached hydrogen (secondary N) is 1. The number of nitrogens with zero attached hydrogens (tertiary/aromatic N) is 2. The predicted octanol–water partition coefficient (Wildman–Crippen LogP) is 3.33. The number of rotatable bonds is 7. The molecule has 158 valence electrons. The van der Waals surface area contributed by atoms with Gasteiger partial charge in [0.05, 0.1) is 19.9 Å². The van der Waals surface area contributed by atoms with Gasteiger partial charge in [0.15, 0.2) is 16.7 Å². The number of hydrogen-bond donors (Lipinski definition) is 1. The van der Waals surface area contributed by atoms with Crippen molar-refractivity contribution >= 4 is 17.7 Å². The van der Waals surface area contributed by atoms with E-state index >= 15 is 0 Å². The molecule has 9 heteroatoms. The Morgan fingerprint density at radius 1 is 1.16 bits per heavy atom. The smallest absolute Gasteiger partial charge is 0.351 e. The Morgan fingerprint density at radius 2 is 1.90 bits per heavy atom. The highest BCUT2D eigenvalue weighted by Gasteiger charge is 2.25. The van der Waals surface area contributed by atoms with Crippen LogP contribution in [0.2, 0.25) is 0 Å². The summed E-state index contributed by atoms with van der Waals surface area (Å²) in [5.41, 5.74) is 0.606. The van der Waals surface area contributed by atoms with Crippen LogP contribution in [0.3, 0.4) is 0 Å². The van der Waals surface area contributed by atoms with Crippen molar-refractivity contribution in [1.82, 2.24) is 9.97 Å². The van der Waals surface area contributed by atoms with Crippen molar-refractivity contribution in [1.29, 1.82) is 5.26 Å². The van der Waals surface area contributed by atoms with Crippen LogP contribution < -0.4 is 15.0 Å². The first kappa shape index (κ1) is 21.9. The lowest BCUT2D eigenvalue weighted by Gasteiger charge is -2.19. The SMILES string of the molecule is COC(=O)C(Oc1cc(-c2nc(SC)[nH]c(=O)c2C#N)ccc1OC)c1ccccc1. The van der Waals surface area contributed by atoms with E-state index < -0.39 is 17.6 Å². The molecular weight excluding hydrogens is 418 g/mol. The summed E-state index contributed by atoms with van der Waals surface area (Å²) in [6, 6.07) is 15.6. The molecule has 0 bridgehead atoms. The Balaban J connectivity index is 2.12. The monoisotopic (exact) mass is 437 g/mol. The quantitative estimate of drug-likeness (QED) is 0.340. The Labute approximate surface area is 182 Å². The van der Waals surface area contributed by atoms with Gasteiger partial charge in [0.2, 0.25) is 6.10 Å². The van der Waals surface area contributed by atoms with E-state index in [0.717, 1.165) is 0 Å². The molecule has 1 heterocycles. The number of carbonyl (C=O) groups is 1. The van der Waals surface area contributed by atoms with Gasteiger partial charge in [-0.3, -0.25) is 4.79 Å². The normalized spacial score (nSPS) is 11.3. The number of aromatic nitrogens is 2. The van der Waals surface area contributed by atoms with Crippen LogP contribution in [0.25, 0.3) is 11.3 Å². The summed E-state index contributed by atoms with van der Waals surface area (Å²) in [5, 5.41) is 9.83. The predicted molar refractivity (Wildman–Crippen MR) is 115 cm³/mol. The molecule has 0 aliphatic heterocycles. The van der Waals surface area contributed by atoms with Gasteiger partial charge in [0.1, 0.15) is 11.6 Å². The molecule has 0 aliphatic carbocycles. The van der Waals surface area contributed by atoms with Gasteiger partial charge in [-0.15, -0.1) is 0 Å². The van der Waals surface area contributed by atoms with Gasteiger partial charge in [0, 0.05) is 11.1 Å². The van der Waals surface area contributed by atoms with Crippen molar-refractivity contribution in [2.75, 3.05) is 20.5 Å². The average Bonchev–Trinajstić information content (AvgIpc) is 2.81. The fraction of sp³-hybridized carbons (Fsp3) is 0.182. The third-order valence-corrected chi connectivity index (χ3v) is 4.98. The first-order valence-electron chi connectivity index (χ1n) is 9.08. The molecule has 1 atom stereocenters. The molecule has 0 spiro atoms. The molecule has 1 aromatic heterocycles. The number of ether oxygens (including phenoxy) is 3. The van der Waals surface area contributed by atoms with Crippen molar-refractivity contribution in [3.8, 4) is 28.8 Å². The molecule has 0 saturated heterocycles. The fourth-order valence-corrected chi connectivity index (χ4v) is 3.27. The number of thioether (sulfide) groups is 1. The molecule has 3 rings (SSSR count). The number of esters is 1. The van der Waals surface area contributed by atoms with Crippen LogP contribution >= 0.6 is 11.8 Å². The average molecular weight is 437 g/mol. The van der Waals surface area contributed by atoms with Gasteiger partial charge in [0.25, 0.3) is 5.56 Å². The number of hydrogen-bond acceptors (Lipinski definition) is 8. The van der Waals surface area contributed by atoms with Crippen molar-refractivity contribution in [3.05, 3.63) is 70.0 Å². The molecule has 2 aromatic carbocycles. The maximum absolute atomic E-state index is 12.4. The molecule has 0 radical (unpaired) electrons. The Hall–Kier alpha value is -3.77. The van der Waals surface area contributed by atoms with Crippen LogP contribution in [0.15, 0.2) is 58.5 Å². The maximum Gasteiger partial charge on any atom is 0.351 e. The van der Waals surface area contributed by atoms with Crippen molar-refractivity contribution in [3.63, 3.8) is 0 Å². The van der Waals surface area contributed by atoms with E-state index in [1.54, 1.807) is 48.7 Å². The summed E-state index contributed by atoms with van der Waals surface area (Å²) in [7, 11) is 2.74. The lowest BCUT2D eigenvalue weighted by molar-refractivity contribution is -0.149. The Bertz CT molecular complexity index is 1190. The zero-order valence-electron chi connectivity index (χ0n) is 17.0. The van der Waals surface area contributed by atoms with Gasteiger partial charge < -0.3 is 19.2 Å². The molecule has 31 heavy (non-hydrogen) atoms. The molecule has 8 nitrogen and oxygen atoms in total. The van der Waals surface area contributed by atoms with Gasteiger partial charge in [-0.05, 0) is 24.5 Å². The lowest BCUT2D eigenvalue weighted by atomic mass is 10.1. The molecule has 3 aromatic rings. The minimum atomic E-state index is -1.04. The van der Waals surface area contributed by atoms with Crippen LogP contribution in [0.5, 0.6) is 11.5 Å². The molecule has 0 amide bonds. The van der Waals surface area contributed by atoms with E-state index in [0.29, 0.717) is 22.0 Å². The number of H-pyrrole nitrogens is 1. The molecular formula is C22H19N3O5S. The number of methoxy groups -OCH3 is 2. The van der Waals surface area contributed by atoms with Crippen LogP contribution in [-0.2, 0) is 9.53 Å². The van der Waals surface area contributed by atoms with Crippen LogP contribution in [0.1, 0.15) is 17.2 Å².